The van der Waals surface area contributed by atoms with Gasteiger partial charge in [0.1, 0.15) is 5.69 Å². The summed E-state index contributed by atoms with van der Waals surface area (Å²) in [7, 11) is 0. The minimum Gasteiger partial charge on any atom is -1.00 e. The van der Waals surface area contributed by atoms with Crippen LogP contribution in [-0.2, 0) is 12.8 Å². The molecule has 0 fully saturated rings. The summed E-state index contributed by atoms with van der Waals surface area (Å²) in [6.45, 7) is 5.64. The van der Waals surface area contributed by atoms with E-state index in [0.717, 1.165) is 29.9 Å². The number of hydrogen-bond donors (Lipinski definition) is 1. The molecule has 0 amide bonds. The highest BCUT2D eigenvalue weighted by molar-refractivity contribution is 6.31. The van der Waals surface area contributed by atoms with E-state index < -0.39 is 0 Å². The highest BCUT2D eigenvalue weighted by Gasteiger charge is 2.21. The number of aryl methyl sites for hydroxylation is 1. The molecule has 0 aliphatic heterocycles. The molecule has 2 nitrogen and oxygen atoms in total. The third-order valence-electron chi connectivity index (χ3n) is 4.06. The summed E-state index contributed by atoms with van der Waals surface area (Å²) < 4.78 is 0. The second-order valence-corrected chi connectivity index (χ2v) is 6.59. The Labute approximate surface area is 137 Å². The summed E-state index contributed by atoms with van der Waals surface area (Å²) in [6, 6.07) is 6.07. The molecule has 3 rings (SSSR count). The van der Waals surface area contributed by atoms with E-state index in [-0.39, 0.29) is 12.4 Å². The van der Waals surface area contributed by atoms with Gasteiger partial charge in [-0.3, -0.25) is 4.98 Å². The maximum absolute atomic E-state index is 6.19. The van der Waals surface area contributed by atoms with Crippen LogP contribution in [0.1, 0.15) is 37.9 Å². The van der Waals surface area contributed by atoms with Crippen molar-refractivity contribution in [3.8, 4) is 0 Å². The number of benzene rings is 1. The summed E-state index contributed by atoms with van der Waals surface area (Å²) in [4.78, 5) is 4.87. The molecule has 2 N–H and O–H groups in total. The lowest BCUT2D eigenvalue weighted by Crippen LogP contribution is -3.00. The topological polar surface area (TPSA) is 29.5 Å². The number of hydrogen-bond acceptors (Lipinski definition) is 1. The Morgan fingerprint density at radius 2 is 2.00 bits per heavy atom. The van der Waals surface area contributed by atoms with Crippen molar-refractivity contribution in [3.63, 3.8) is 0 Å². The van der Waals surface area contributed by atoms with Crippen LogP contribution < -0.4 is 17.7 Å². The summed E-state index contributed by atoms with van der Waals surface area (Å²) in [5, 5.41) is 4.42. The van der Waals surface area contributed by atoms with E-state index in [0.29, 0.717) is 5.92 Å². The number of rotatable bonds is 3. The number of nitrogens with two attached hydrogens (primary N) is 1. The van der Waals surface area contributed by atoms with Crippen molar-refractivity contribution in [2.45, 2.75) is 39.5 Å². The van der Waals surface area contributed by atoms with Crippen LogP contribution in [0.15, 0.2) is 18.2 Å². The van der Waals surface area contributed by atoms with Crippen LogP contribution in [0.3, 0.4) is 0 Å². The van der Waals surface area contributed by atoms with Gasteiger partial charge in [-0.05, 0) is 43.9 Å². The standard InChI is InChI=1S/C17H21ClN2.ClH/c1-11(2)10-19-17-13-5-3-4-6-15(13)20-16-8-7-12(18)9-14(16)17;/h7-9,11H,3-6,10H2,1-2H3,(H,19,20);1H. The van der Waals surface area contributed by atoms with Crippen LogP contribution in [0.4, 0.5) is 5.69 Å². The van der Waals surface area contributed by atoms with Gasteiger partial charge in [-0.15, -0.1) is 0 Å². The Morgan fingerprint density at radius 1 is 1.24 bits per heavy atom. The van der Waals surface area contributed by atoms with Crippen LogP contribution >= 0.6 is 11.6 Å². The van der Waals surface area contributed by atoms with Crippen LogP contribution in [0.5, 0.6) is 0 Å². The molecule has 0 radical (unpaired) electrons. The van der Waals surface area contributed by atoms with Crippen LogP contribution in [0.2, 0.25) is 5.02 Å². The predicted octanol–water partition coefficient (Wildman–Crippen LogP) is 0.622. The van der Waals surface area contributed by atoms with E-state index in [4.69, 9.17) is 16.6 Å². The Bertz CT molecular complexity index is 638. The summed E-state index contributed by atoms with van der Waals surface area (Å²) in [5.41, 5.74) is 5.25. The first-order chi connectivity index (χ1) is 9.65. The summed E-state index contributed by atoms with van der Waals surface area (Å²) in [6.07, 6.45) is 4.83. The fourth-order valence-electron chi connectivity index (χ4n) is 3.02. The van der Waals surface area contributed by atoms with Gasteiger partial charge in [0, 0.05) is 16.5 Å². The largest absolute Gasteiger partial charge is 1.00 e. The molecular formula is C17H22Cl2N2. The predicted molar refractivity (Wildman–Crippen MR) is 84.7 cm³/mol. The molecule has 2 aromatic rings. The van der Waals surface area contributed by atoms with Crippen molar-refractivity contribution in [3.05, 3.63) is 34.5 Å². The van der Waals surface area contributed by atoms with Gasteiger partial charge in [0.05, 0.1) is 23.1 Å². The van der Waals surface area contributed by atoms with Crippen molar-refractivity contribution >= 4 is 28.2 Å². The van der Waals surface area contributed by atoms with Gasteiger partial charge >= 0.3 is 0 Å². The zero-order valence-electron chi connectivity index (χ0n) is 12.6. The Kier molecular flexibility index (Phi) is 5.48. The average molecular weight is 325 g/mol. The average Bonchev–Trinajstić information content (AvgIpc) is 2.43. The lowest BCUT2D eigenvalue weighted by molar-refractivity contribution is -0.576. The van der Waals surface area contributed by atoms with Gasteiger partial charge in [0.15, 0.2) is 0 Å². The minimum absolute atomic E-state index is 0. The van der Waals surface area contributed by atoms with Crippen molar-refractivity contribution in [1.29, 1.82) is 0 Å². The van der Waals surface area contributed by atoms with E-state index >= 15 is 0 Å². The van der Waals surface area contributed by atoms with E-state index in [9.17, 15) is 0 Å². The third kappa shape index (κ3) is 3.50. The number of pyridine rings is 1. The minimum atomic E-state index is 0. The van der Waals surface area contributed by atoms with Gasteiger partial charge in [-0.2, -0.15) is 0 Å². The van der Waals surface area contributed by atoms with Gasteiger partial charge in [-0.1, -0.05) is 25.4 Å². The van der Waals surface area contributed by atoms with Gasteiger partial charge < -0.3 is 17.7 Å². The number of nitrogens with zero attached hydrogens (tertiary/aromatic N) is 1. The molecule has 1 aliphatic carbocycles. The zero-order valence-corrected chi connectivity index (χ0v) is 14.1. The van der Waals surface area contributed by atoms with Crippen LogP contribution in [0.25, 0.3) is 10.9 Å². The molecule has 0 unspecified atom stereocenters. The first-order valence-electron chi connectivity index (χ1n) is 7.59. The maximum atomic E-state index is 6.19. The maximum Gasteiger partial charge on any atom is 0.144 e. The van der Waals surface area contributed by atoms with Crippen molar-refractivity contribution in [1.82, 2.24) is 4.98 Å². The van der Waals surface area contributed by atoms with Gasteiger partial charge in [0.25, 0.3) is 0 Å². The number of quaternary nitrogens is 1. The molecule has 0 bridgehead atoms. The quantitative estimate of drug-likeness (QED) is 0.881. The van der Waals surface area contributed by atoms with E-state index in [2.05, 4.69) is 31.3 Å². The van der Waals surface area contributed by atoms with E-state index in [1.807, 2.05) is 6.07 Å². The highest BCUT2D eigenvalue weighted by atomic mass is 35.5. The van der Waals surface area contributed by atoms with Crippen molar-refractivity contribution in [2.75, 3.05) is 6.54 Å². The van der Waals surface area contributed by atoms with E-state index in [1.54, 1.807) is 0 Å². The summed E-state index contributed by atoms with van der Waals surface area (Å²) >= 11 is 6.19. The molecule has 21 heavy (non-hydrogen) atoms. The Morgan fingerprint density at radius 3 is 2.76 bits per heavy atom. The Balaban J connectivity index is 0.00000161. The fraction of sp³-hybridized carbons (Fsp3) is 0.471. The molecule has 1 aromatic carbocycles. The Hall–Kier alpha value is -0.830. The van der Waals surface area contributed by atoms with Gasteiger partial charge in [-0.25, -0.2) is 0 Å². The van der Waals surface area contributed by atoms with Crippen molar-refractivity contribution < 1.29 is 17.7 Å². The molecule has 1 heterocycles. The number of fused-ring (bicyclic) bond motifs is 2. The summed E-state index contributed by atoms with van der Waals surface area (Å²) in [5.74, 6) is 0.677. The lowest BCUT2D eigenvalue weighted by atomic mass is 9.92. The second-order valence-electron chi connectivity index (χ2n) is 6.15. The molecule has 0 atom stereocenters. The first-order valence-corrected chi connectivity index (χ1v) is 7.97. The lowest BCUT2D eigenvalue weighted by Gasteiger charge is -2.19. The molecule has 1 aliphatic rings. The molecule has 0 saturated carbocycles. The first kappa shape index (κ1) is 16.5. The third-order valence-corrected chi connectivity index (χ3v) is 4.30. The second kappa shape index (κ2) is 6.95. The SMILES string of the molecule is CC(C)C[NH2+]c1c2c(nc3ccc(Cl)cc13)CCCC2.[Cl-]. The molecule has 0 saturated heterocycles. The molecular weight excluding hydrogens is 303 g/mol. The molecule has 4 heteroatoms. The normalized spacial score (nSPS) is 14.1. The molecule has 1 aromatic heterocycles. The van der Waals surface area contributed by atoms with Crippen LogP contribution in [0, 0.1) is 5.92 Å². The van der Waals surface area contributed by atoms with Crippen LogP contribution in [-0.4, -0.2) is 11.5 Å². The smallest absolute Gasteiger partial charge is 0.144 e. The zero-order chi connectivity index (χ0) is 14.1. The fourth-order valence-corrected chi connectivity index (χ4v) is 3.19. The molecule has 0 spiro atoms. The molecule has 114 valence electrons. The number of aromatic nitrogens is 1. The number of halogens is 2. The monoisotopic (exact) mass is 324 g/mol. The van der Waals surface area contributed by atoms with Crippen molar-refractivity contribution in [2.24, 2.45) is 5.92 Å². The van der Waals surface area contributed by atoms with E-state index in [1.165, 1.54) is 35.2 Å². The van der Waals surface area contributed by atoms with Gasteiger partial charge in [0.2, 0.25) is 0 Å². The highest BCUT2D eigenvalue weighted by Crippen LogP contribution is 2.31.